The SMILES string of the molecule is CC(N)C1(c2ccc(Cl)cc2)CCC1. The molecule has 1 atom stereocenters. The molecule has 2 heteroatoms. The zero-order chi connectivity index (χ0) is 10.2. The molecule has 76 valence electrons. The molecule has 0 amide bonds. The van der Waals surface area contributed by atoms with Gasteiger partial charge in [-0.15, -0.1) is 0 Å². The van der Waals surface area contributed by atoms with Crippen LogP contribution < -0.4 is 5.73 Å². The Balaban J connectivity index is 2.32. The monoisotopic (exact) mass is 209 g/mol. The second-order valence-corrected chi connectivity index (χ2v) is 4.74. The highest BCUT2D eigenvalue weighted by atomic mass is 35.5. The minimum Gasteiger partial charge on any atom is -0.327 e. The maximum Gasteiger partial charge on any atom is 0.0406 e. The highest BCUT2D eigenvalue weighted by Gasteiger charge is 2.41. The fraction of sp³-hybridized carbons (Fsp3) is 0.500. The summed E-state index contributed by atoms with van der Waals surface area (Å²) in [5.41, 5.74) is 7.65. The number of nitrogens with two attached hydrogens (primary N) is 1. The molecular weight excluding hydrogens is 194 g/mol. The normalized spacial score (nSPS) is 21.4. The molecule has 1 aromatic rings. The first kappa shape index (κ1) is 10.0. The van der Waals surface area contributed by atoms with Crippen molar-refractivity contribution < 1.29 is 0 Å². The molecule has 1 nitrogen and oxygen atoms in total. The summed E-state index contributed by atoms with van der Waals surface area (Å²) in [6.45, 7) is 2.10. The Morgan fingerprint density at radius 1 is 1.29 bits per heavy atom. The van der Waals surface area contributed by atoms with Crippen molar-refractivity contribution in [3.05, 3.63) is 34.9 Å². The Hall–Kier alpha value is -0.530. The lowest BCUT2D eigenvalue weighted by atomic mass is 9.61. The minimum atomic E-state index is 0.227. The van der Waals surface area contributed by atoms with E-state index in [2.05, 4.69) is 19.1 Å². The minimum absolute atomic E-state index is 0.227. The summed E-state index contributed by atoms with van der Waals surface area (Å²) in [6, 6.07) is 8.38. The van der Waals surface area contributed by atoms with Gasteiger partial charge in [0.15, 0.2) is 0 Å². The molecule has 0 aliphatic heterocycles. The summed E-state index contributed by atoms with van der Waals surface area (Å²) in [7, 11) is 0. The van der Waals surface area contributed by atoms with E-state index >= 15 is 0 Å². The third kappa shape index (κ3) is 1.45. The molecule has 0 radical (unpaired) electrons. The number of rotatable bonds is 2. The van der Waals surface area contributed by atoms with Crippen LogP contribution in [-0.4, -0.2) is 6.04 Å². The van der Waals surface area contributed by atoms with Crippen LogP contribution in [0, 0.1) is 0 Å². The molecule has 0 spiro atoms. The van der Waals surface area contributed by atoms with Gasteiger partial charge in [-0.1, -0.05) is 30.2 Å². The molecule has 2 rings (SSSR count). The molecule has 0 aromatic heterocycles. The van der Waals surface area contributed by atoms with Gasteiger partial charge in [-0.2, -0.15) is 0 Å². The Morgan fingerprint density at radius 3 is 2.21 bits per heavy atom. The second-order valence-electron chi connectivity index (χ2n) is 4.31. The van der Waals surface area contributed by atoms with Gasteiger partial charge >= 0.3 is 0 Å². The molecule has 1 aliphatic rings. The van der Waals surface area contributed by atoms with Crippen molar-refractivity contribution in [3.63, 3.8) is 0 Å². The molecule has 1 aliphatic carbocycles. The second kappa shape index (κ2) is 3.56. The lowest BCUT2D eigenvalue weighted by Crippen LogP contribution is -2.48. The van der Waals surface area contributed by atoms with Crippen molar-refractivity contribution in [1.82, 2.24) is 0 Å². The van der Waals surface area contributed by atoms with Crippen LogP contribution in [0.3, 0.4) is 0 Å². The molecule has 1 unspecified atom stereocenters. The van der Waals surface area contributed by atoms with Crippen LogP contribution in [0.25, 0.3) is 0 Å². The summed E-state index contributed by atoms with van der Waals surface area (Å²) in [5, 5.41) is 0.799. The van der Waals surface area contributed by atoms with Crippen LogP contribution in [0.5, 0.6) is 0 Å². The highest BCUT2D eigenvalue weighted by Crippen LogP contribution is 2.45. The largest absolute Gasteiger partial charge is 0.327 e. The predicted octanol–water partition coefficient (Wildman–Crippen LogP) is 3.11. The maximum absolute atomic E-state index is 6.07. The van der Waals surface area contributed by atoms with Gasteiger partial charge in [-0.3, -0.25) is 0 Å². The number of halogens is 1. The van der Waals surface area contributed by atoms with E-state index < -0.39 is 0 Å². The standard InChI is InChI=1S/C12H16ClN/c1-9(14)12(7-2-8-12)10-3-5-11(13)6-4-10/h3-6,9H,2,7-8,14H2,1H3. The Labute approximate surface area is 90.3 Å². The van der Waals surface area contributed by atoms with Crippen LogP contribution >= 0.6 is 11.6 Å². The molecule has 1 fully saturated rings. The van der Waals surface area contributed by atoms with Gasteiger partial charge < -0.3 is 5.73 Å². The van der Waals surface area contributed by atoms with Gasteiger partial charge in [0.05, 0.1) is 0 Å². The van der Waals surface area contributed by atoms with Crippen molar-refractivity contribution in [2.45, 2.75) is 37.6 Å². The zero-order valence-corrected chi connectivity index (χ0v) is 9.22. The van der Waals surface area contributed by atoms with E-state index in [9.17, 15) is 0 Å². The maximum atomic E-state index is 6.07. The molecular formula is C12H16ClN. The lowest BCUT2D eigenvalue weighted by Gasteiger charge is -2.45. The quantitative estimate of drug-likeness (QED) is 0.796. The topological polar surface area (TPSA) is 26.0 Å². The van der Waals surface area contributed by atoms with E-state index in [1.165, 1.54) is 24.8 Å². The van der Waals surface area contributed by atoms with Gasteiger partial charge in [0.1, 0.15) is 0 Å². The molecule has 0 saturated heterocycles. The van der Waals surface area contributed by atoms with E-state index in [1.54, 1.807) is 0 Å². The van der Waals surface area contributed by atoms with Crippen LogP contribution in [0.2, 0.25) is 5.02 Å². The number of benzene rings is 1. The van der Waals surface area contributed by atoms with E-state index in [4.69, 9.17) is 17.3 Å². The summed E-state index contributed by atoms with van der Waals surface area (Å²) in [6.07, 6.45) is 3.72. The van der Waals surface area contributed by atoms with E-state index in [-0.39, 0.29) is 11.5 Å². The van der Waals surface area contributed by atoms with Crippen molar-refractivity contribution in [3.8, 4) is 0 Å². The van der Waals surface area contributed by atoms with Gasteiger partial charge in [0, 0.05) is 16.5 Å². The Morgan fingerprint density at radius 2 is 1.86 bits per heavy atom. The summed E-state index contributed by atoms with van der Waals surface area (Å²) in [5.74, 6) is 0. The average molecular weight is 210 g/mol. The fourth-order valence-electron chi connectivity index (χ4n) is 2.35. The fourth-order valence-corrected chi connectivity index (χ4v) is 2.47. The van der Waals surface area contributed by atoms with E-state index in [0.29, 0.717) is 0 Å². The Kier molecular flexibility index (Phi) is 2.54. The zero-order valence-electron chi connectivity index (χ0n) is 8.46. The molecule has 2 N–H and O–H groups in total. The smallest absolute Gasteiger partial charge is 0.0406 e. The summed E-state index contributed by atoms with van der Waals surface area (Å²) < 4.78 is 0. The third-order valence-electron chi connectivity index (χ3n) is 3.54. The van der Waals surface area contributed by atoms with Crippen LogP contribution in [0.1, 0.15) is 31.7 Å². The number of hydrogen-bond acceptors (Lipinski definition) is 1. The van der Waals surface area contributed by atoms with E-state index in [0.717, 1.165) is 5.02 Å². The van der Waals surface area contributed by atoms with Crippen LogP contribution in [-0.2, 0) is 5.41 Å². The molecule has 1 aromatic carbocycles. The van der Waals surface area contributed by atoms with Crippen LogP contribution in [0.4, 0.5) is 0 Å². The van der Waals surface area contributed by atoms with Gasteiger partial charge in [0.25, 0.3) is 0 Å². The van der Waals surface area contributed by atoms with Crippen molar-refractivity contribution in [2.75, 3.05) is 0 Å². The highest BCUT2D eigenvalue weighted by molar-refractivity contribution is 6.30. The first-order valence-electron chi connectivity index (χ1n) is 5.17. The summed E-state index contributed by atoms with van der Waals surface area (Å²) >= 11 is 5.87. The molecule has 0 bridgehead atoms. The molecule has 1 saturated carbocycles. The first-order valence-corrected chi connectivity index (χ1v) is 5.54. The Bertz CT molecular complexity index is 312. The van der Waals surface area contributed by atoms with Gasteiger partial charge in [-0.25, -0.2) is 0 Å². The van der Waals surface area contributed by atoms with Crippen molar-refractivity contribution in [1.29, 1.82) is 0 Å². The van der Waals surface area contributed by atoms with Gasteiger partial charge in [-0.05, 0) is 37.5 Å². The third-order valence-corrected chi connectivity index (χ3v) is 3.79. The average Bonchev–Trinajstić information content (AvgIpc) is 2.05. The van der Waals surface area contributed by atoms with E-state index in [1.807, 2.05) is 12.1 Å². The van der Waals surface area contributed by atoms with Crippen molar-refractivity contribution in [2.24, 2.45) is 5.73 Å². The lowest BCUT2D eigenvalue weighted by molar-refractivity contribution is 0.205. The molecule has 14 heavy (non-hydrogen) atoms. The van der Waals surface area contributed by atoms with Crippen molar-refractivity contribution >= 4 is 11.6 Å². The number of hydrogen-bond donors (Lipinski definition) is 1. The van der Waals surface area contributed by atoms with Crippen LogP contribution in [0.15, 0.2) is 24.3 Å². The van der Waals surface area contributed by atoms with Gasteiger partial charge in [0.2, 0.25) is 0 Å². The predicted molar refractivity (Wildman–Crippen MR) is 60.6 cm³/mol. The summed E-state index contributed by atoms with van der Waals surface area (Å²) in [4.78, 5) is 0. The molecule has 0 heterocycles. The first-order chi connectivity index (χ1) is 6.65.